The summed E-state index contributed by atoms with van der Waals surface area (Å²) in [6, 6.07) is 27.5. The molecule has 7 amide bonds. The van der Waals surface area contributed by atoms with Gasteiger partial charge in [-0.3, -0.25) is 43.8 Å². The number of anilines is 1. The quantitative estimate of drug-likeness (QED) is 0.0696. The number of benzene rings is 4. The van der Waals surface area contributed by atoms with Gasteiger partial charge in [-0.2, -0.15) is 0 Å². The molecule has 5 saturated heterocycles. The number of piperazine rings is 1. The number of imide groups is 2. The number of likely N-dealkylation sites (tertiary alicyclic amines) is 1. The molecule has 0 radical (unpaired) electrons. The third-order valence-electron chi connectivity index (χ3n) is 16.1. The Morgan fingerprint density at radius 1 is 0.747 bits per heavy atom. The van der Waals surface area contributed by atoms with Crippen LogP contribution < -0.4 is 20.9 Å². The second kappa shape index (κ2) is 23.5. The molecule has 4 unspecified atom stereocenters. The molecule has 1 aromatic heterocycles. The number of nitrogens with zero attached hydrogens (tertiary/aromatic N) is 6. The van der Waals surface area contributed by atoms with Crippen molar-refractivity contribution in [3.8, 4) is 23.2 Å². The average molecular weight is 1110 g/mol. The van der Waals surface area contributed by atoms with Gasteiger partial charge in [0.05, 0.1) is 32.8 Å². The summed E-state index contributed by atoms with van der Waals surface area (Å²) in [4.78, 5) is 98.1. The van der Waals surface area contributed by atoms with Gasteiger partial charge in [-0.25, -0.2) is 8.51 Å². The third kappa shape index (κ3) is 11.7. The van der Waals surface area contributed by atoms with Crippen LogP contribution in [0.3, 0.4) is 0 Å². The molecule has 6 aliphatic rings. The third-order valence-corrected chi connectivity index (χ3v) is 18.3. The van der Waals surface area contributed by atoms with Gasteiger partial charge in [-0.1, -0.05) is 46.8 Å². The highest BCUT2D eigenvalue weighted by Gasteiger charge is 2.47. The highest BCUT2D eigenvalue weighted by atomic mass is 35.5. The molecule has 2 bridgehead atoms. The van der Waals surface area contributed by atoms with Gasteiger partial charge in [0.2, 0.25) is 11.8 Å². The Labute approximate surface area is 465 Å². The number of carbonyl (C=O) groups is 7. The van der Waals surface area contributed by atoms with Crippen molar-refractivity contribution in [2.45, 2.75) is 82.0 Å². The van der Waals surface area contributed by atoms with E-state index in [1.165, 1.54) is 0 Å². The second-order valence-corrected chi connectivity index (χ2v) is 23.0. The fraction of sp³-hybridized carbons (Fsp3) is 0.390. The molecule has 0 aliphatic carbocycles. The highest BCUT2D eigenvalue weighted by Crippen LogP contribution is 2.39. The van der Waals surface area contributed by atoms with Crippen LogP contribution in [-0.2, 0) is 20.6 Å². The van der Waals surface area contributed by atoms with Gasteiger partial charge in [-0.15, -0.1) is 0 Å². The van der Waals surface area contributed by atoms with Gasteiger partial charge < -0.3 is 29.9 Å². The zero-order valence-electron chi connectivity index (χ0n) is 43.5. The molecular formula is C59H60ClN9O9S. The van der Waals surface area contributed by atoms with Crippen LogP contribution in [-0.4, -0.2) is 152 Å². The number of fused-ring (bicyclic) bond motifs is 3. The van der Waals surface area contributed by atoms with Gasteiger partial charge in [0.1, 0.15) is 6.04 Å². The number of hydrogen-bond acceptors (Lipinski definition) is 12. The van der Waals surface area contributed by atoms with Crippen LogP contribution in [0, 0.1) is 17.8 Å². The lowest BCUT2D eigenvalue weighted by Crippen LogP contribution is -2.54. The average Bonchev–Trinajstić information content (AvgIpc) is 4.37. The Bertz CT molecular complexity index is 3270. The van der Waals surface area contributed by atoms with Crippen molar-refractivity contribution in [1.82, 2.24) is 40.1 Å². The van der Waals surface area contributed by atoms with E-state index in [2.05, 4.69) is 42.2 Å². The summed E-state index contributed by atoms with van der Waals surface area (Å²) < 4.78 is 21.5. The predicted molar refractivity (Wildman–Crippen MR) is 295 cm³/mol. The molecule has 7 heterocycles. The number of aromatic nitrogens is 1. The van der Waals surface area contributed by atoms with Crippen LogP contribution in [0.25, 0.3) is 11.3 Å². The predicted octanol–water partition coefficient (Wildman–Crippen LogP) is 5.68. The van der Waals surface area contributed by atoms with E-state index in [0.717, 1.165) is 80.6 Å². The molecule has 5 fully saturated rings. The Balaban J connectivity index is 0.572. The van der Waals surface area contributed by atoms with Crippen molar-refractivity contribution in [1.29, 1.82) is 0 Å². The molecule has 79 heavy (non-hydrogen) atoms. The Morgan fingerprint density at radius 3 is 2.10 bits per heavy atom. The number of halogens is 1. The fourth-order valence-corrected chi connectivity index (χ4v) is 14.1. The van der Waals surface area contributed by atoms with Crippen LogP contribution in [0.4, 0.5) is 5.69 Å². The number of piperidine rings is 3. The number of nitrogens with one attached hydrogen (secondary N) is 3. The van der Waals surface area contributed by atoms with E-state index in [4.69, 9.17) is 16.1 Å². The van der Waals surface area contributed by atoms with E-state index in [1.807, 2.05) is 35.2 Å². The van der Waals surface area contributed by atoms with E-state index >= 15 is 0 Å². The molecule has 20 heteroatoms. The summed E-state index contributed by atoms with van der Waals surface area (Å²) in [5, 5.41) is 12.9. The second-order valence-electron chi connectivity index (χ2n) is 21.2. The minimum Gasteiger partial charge on any atom is -0.367 e. The number of amides is 7. The first-order valence-corrected chi connectivity index (χ1v) is 28.8. The van der Waals surface area contributed by atoms with Crippen LogP contribution in [0.1, 0.15) is 121 Å². The summed E-state index contributed by atoms with van der Waals surface area (Å²) in [6.07, 6.45) is 6.37. The molecule has 18 nitrogen and oxygen atoms in total. The summed E-state index contributed by atoms with van der Waals surface area (Å²) in [7, 11) is -1.08. The Morgan fingerprint density at radius 2 is 1.42 bits per heavy atom. The SMILES string of the molecule is O=C1CCC(N2C(=O)c3cccc(N4CCN(C(=O)c5ccc(C#Cc6ccc(C(=O)NCCCN7CCC(CS(=O)N8C9CC[C@@H]8CC(NC(=O)c8cc(-c%10ccccc%10Cl)on8)C9)CC7)cc6)cc5)CC4)c3C2=O)C(=O)N1. The molecule has 11 rings (SSSR count). The first-order chi connectivity index (χ1) is 38.3. The summed E-state index contributed by atoms with van der Waals surface area (Å²) in [5.74, 6) is 5.00. The molecule has 6 aliphatic heterocycles. The molecule has 5 atom stereocenters. The van der Waals surface area contributed by atoms with Crippen LogP contribution in [0.5, 0.6) is 0 Å². The smallest absolute Gasteiger partial charge is 0.273 e. The van der Waals surface area contributed by atoms with Crippen molar-refractivity contribution in [2.24, 2.45) is 5.92 Å². The lowest BCUT2D eigenvalue weighted by Gasteiger charge is -2.39. The van der Waals surface area contributed by atoms with E-state index in [-0.39, 0.29) is 65.5 Å². The summed E-state index contributed by atoms with van der Waals surface area (Å²) in [6.45, 7) is 4.93. The van der Waals surface area contributed by atoms with Gasteiger partial charge in [0, 0.05) is 96.9 Å². The standard InChI is InChI=1S/C59H60ClN9O9S/c60-47-7-2-1-5-45(47)51-35-48(64-78-51)55(72)62-42-33-43-19-20-44(34-42)69(43)79(77)36-39-23-27-65(28-24-39)26-4-25-61-54(71)40-15-11-37(12-16-40)9-10-38-13-17-41(18-14-38)57(74)67-31-29-66(30-32-67)49-8-3-6-46-53(49)59(76)68(58(46)75)50-21-22-52(70)63-56(50)73/h1-3,5-8,11-18,35,39,42-44,50H,4,19-34,36H2,(H,61,71)(H,62,72)(H,63,70,73)/t42?,43-,44?,50?,79?/m1/s1. The summed E-state index contributed by atoms with van der Waals surface area (Å²) in [5.41, 5.74) is 4.44. The number of rotatable bonds is 14. The van der Waals surface area contributed by atoms with Gasteiger partial charge in [0.15, 0.2) is 11.5 Å². The molecule has 0 spiro atoms. The molecular weight excluding hydrogens is 1050 g/mol. The largest absolute Gasteiger partial charge is 0.367 e. The van der Waals surface area contributed by atoms with Gasteiger partial charge >= 0.3 is 0 Å². The maximum absolute atomic E-state index is 13.8. The molecule has 408 valence electrons. The van der Waals surface area contributed by atoms with Crippen molar-refractivity contribution in [3.63, 3.8) is 0 Å². The van der Waals surface area contributed by atoms with Crippen LogP contribution in [0.15, 0.2) is 102 Å². The minimum atomic E-state index is -1.08. The molecule has 3 N–H and O–H groups in total. The monoisotopic (exact) mass is 1110 g/mol. The van der Waals surface area contributed by atoms with Crippen molar-refractivity contribution >= 4 is 69.6 Å². The van der Waals surface area contributed by atoms with E-state index in [1.54, 1.807) is 71.6 Å². The van der Waals surface area contributed by atoms with Crippen LogP contribution in [0.2, 0.25) is 5.02 Å². The highest BCUT2D eigenvalue weighted by molar-refractivity contribution is 7.82. The maximum atomic E-state index is 13.8. The fourth-order valence-electron chi connectivity index (χ4n) is 11.9. The van der Waals surface area contributed by atoms with E-state index in [0.29, 0.717) is 77.6 Å². The first kappa shape index (κ1) is 53.5. The summed E-state index contributed by atoms with van der Waals surface area (Å²) >= 11 is 6.31. The molecule has 4 aromatic carbocycles. The Kier molecular flexibility index (Phi) is 15.9. The zero-order valence-corrected chi connectivity index (χ0v) is 45.1. The van der Waals surface area contributed by atoms with Gasteiger partial charge in [-0.05, 0) is 150 Å². The maximum Gasteiger partial charge on any atom is 0.273 e. The zero-order chi connectivity index (χ0) is 54.7. The molecule has 0 saturated carbocycles. The van der Waals surface area contributed by atoms with E-state index < -0.39 is 40.7 Å². The minimum absolute atomic E-state index is 0.0218. The number of hydrogen-bond donors (Lipinski definition) is 3. The van der Waals surface area contributed by atoms with E-state index in [9.17, 15) is 37.8 Å². The lowest BCUT2D eigenvalue weighted by atomic mass is 9.99. The van der Waals surface area contributed by atoms with Gasteiger partial charge in [0.25, 0.3) is 29.5 Å². The topological polar surface area (TPSA) is 215 Å². The van der Waals surface area contributed by atoms with Crippen LogP contribution >= 0.6 is 11.6 Å². The van der Waals surface area contributed by atoms with Crippen molar-refractivity contribution in [2.75, 3.05) is 63.0 Å². The molecule has 5 aromatic rings. The first-order valence-electron chi connectivity index (χ1n) is 27.2. The number of carbonyl (C=O) groups excluding carboxylic acids is 7. The Hall–Kier alpha value is -7.50. The van der Waals surface area contributed by atoms with Crippen molar-refractivity contribution < 1.29 is 42.3 Å². The normalized spacial score (nSPS) is 22.0. The lowest BCUT2D eigenvalue weighted by molar-refractivity contribution is -0.136. The van der Waals surface area contributed by atoms with Crippen molar-refractivity contribution in [3.05, 3.63) is 141 Å².